The van der Waals surface area contributed by atoms with Crippen LogP contribution in [0, 0.1) is 11.3 Å². The third kappa shape index (κ3) is 5.26. The van der Waals surface area contributed by atoms with Gasteiger partial charge < -0.3 is 23.9 Å². The fourth-order valence-electron chi connectivity index (χ4n) is 4.21. The van der Waals surface area contributed by atoms with Crippen LogP contribution in [0.25, 0.3) is 11.0 Å². The lowest BCUT2D eigenvalue weighted by Crippen LogP contribution is -2.20. The zero-order valence-electron chi connectivity index (χ0n) is 20.3. The third-order valence-electron chi connectivity index (χ3n) is 6.01. The molecule has 1 amide bonds. The van der Waals surface area contributed by atoms with E-state index in [0.717, 1.165) is 35.8 Å². The Kier molecular flexibility index (Phi) is 6.93. The summed E-state index contributed by atoms with van der Waals surface area (Å²) in [5.41, 5.74) is -0.0213. The van der Waals surface area contributed by atoms with Gasteiger partial charge in [-0.15, -0.1) is 11.3 Å². The number of nitriles is 1. The average Bonchev–Trinajstić information content (AvgIpc) is 3.49. The minimum atomic E-state index is -5.04. The van der Waals surface area contributed by atoms with Crippen molar-refractivity contribution in [2.24, 2.45) is 0 Å². The molecule has 39 heavy (non-hydrogen) atoms. The van der Waals surface area contributed by atoms with Crippen molar-refractivity contribution in [1.29, 1.82) is 5.26 Å². The van der Waals surface area contributed by atoms with Crippen molar-refractivity contribution in [2.75, 3.05) is 19.0 Å². The van der Waals surface area contributed by atoms with Gasteiger partial charge in [-0.2, -0.15) is 18.4 Å². The summed E-state index contributed by atoms with van der Waals surface area (Å²) in [6.07, 6.45) is -2.42. The van der Waals surface area contributed by atoms with E-state index in [1.165, 1.54) is 54.8 Å². The second-order valence-corrected chi connectivity index (χ2v) is 9.64. The Hall–Kier alpha value is -4.50. The quantitative estimate of drug-likeness (QED) is 0.295. The molecular weight excluding hydrogens is 537 g/mol. The van der Waals surface area contributed by atoms with E-state index < -0.39 is 41.2 Å². The van der Waals surface area contributed by atoms with E-state index in [9.17, 15) is 28.0 Å². The molecule has 1 aliphatic rings. The van der Waals surface area contributed by atoms with Gasteiger partial charge in [-0.1, -0.05) is 0 Å². The summed E-state index contributed by atoms with van der Waals surface area (Å²) in [7, 11) is 1.43. The number of ether oxygens (including phenoxy) is 3. The first-order chi connectivity index (χ1) is 18.7. The van der Waals surface area contributed by atoms with Crippen molar-refractivity contribution in [2.45, 2.75) is 25.4 Å². The number of carbonyl (C=O) groups is 1. The molecule has 5 rings (SSSR count). The van der Waals surface area contributed by atoms with E-state index in [-0.39, 0.29) is 16.9 Å². The fraction of sp³-hybridized carbons (Fsp3) is 0.222. The molecule has 0 bridgehead atoms. The summed E-state index contributed by atoms with van der Waals surface area (Å²) in [5.74, 6) is -2.73. The minimum absolute atomic E-state index is 0.00641. The van der Waals surface area contributed by atoms with Crippen LogP contribution in [0.15, 0.2) is 51.7 Å². The normalized spacial score (nSPS) is 12.6. The number of halogens is 3. The molecule has 200 valence electrons. The maximum Gasteiger partial charge on any atom is 0.453 e. The van der Waals surface area contributed by atoms with Gasteiger partial charge in [0.2, 0.25) is 11.2 Å². The van der Waals surface area contributed by atoms with Crippen LogP contribution in [-0.2, 0) is 23.8 Å². The summed E-state index contributed by atoms with van der Waals surface area (Å²) in [6, 6.07) is 11.4. The third-order valence-corrected chi connectivity index (χ3v) is 7.22. The number of methoxy groups -OCH3 is 1. The number of hydrogen-bond donors (Lipinski definition) is 1. The maximum atomic E-state index is 13.8. The molecule has 0 saturated heterocycles. The van der Waals surface area contributed by atoms with Crippen LogP contribution in [-0.4, -0.2) is 19.6 Å². The van der Waals surface area contributed by atoms with E-state index in [2.05, 4.69) is 11.4 Å². The van der Waals surface area contributed by atoms with Gasteiger partial charge in [-0.05, 0) is 61.2 Å². The lowest BCUT2D eigenvalue weighted by molar-refractivity contribution is -0.154. The number of anilines is 1. The Balaban J connectivity index is 1.37. The Bertz CT molecular complexity index is 1670. The lowest BCUT2D eigenvalue weighted by atomic mass is 10.1. The first-order valence-corrected chi connectivity index (χ1v) is 12.5. The molecule has 12 heteroatoms. The lowest BCUT2D eigenvalue weighted by Gasteiger charge is -2.14. The highest BCUT2D eigenvalue weighted by Gasteiger charge is 2.40. The molecule has 8 nitrogen and oxygen atoms in total. The maximum absolute atomic E-state index is 13.8. The zero-order chi connectivity index (χ0) is 27.7. The van der Waals surface area contributed by atoms with E-state index in [1.54, 1.807) is 0 Å². The summed E-state index contributed by atoms with van der Waals surface area (Å²) >= 11 is 1.35. The number of carbonyl (C=O) groups excluding carboxylic acids is 1. The summed E-state index contributed by atoms with van der Waals surface area (Å²) in [6.45, 7) is -0.478. The zero-order valence-corrected chi connectivity index (χ0v) is 21.1. The number of thiophene rings is 1. The van der Waals surface area contributed by atoms with E-state index >= 15 is 0 Å². The molecule has 0 fully saturated rings. The van der Waals surface area contributed by atoms with Crippen LogP contribution in [0.3, 0.4) is 0 Å². The van der Waals surface area contributed by atoms with Crippen molar-refractivity contribution < 1.29 is 36.6 Å². The van der Waals surface area contributed by atoms with Crippen molar-refractivity contribution in [1.82, 2.24) is 0 Å². The Morgan fingerprint density at radius 1 is 1.13 bits per heavy atom. The standard InChI is InChI=1S/C27H19F3N2O6S/c1-35-14-5-7-15(8-6-14)37-24-23(34)18-10-9-16(11-20(18)38-25(24)27(28,29)30)36-13-22(33)32-26-19(12-31)17-3-2-4-21(17)39-26/h5-11H,2-4,13H2,1H3,(H,32,33). The minimum Gasteiger partial charge on any atom is -0.497 e. The molecule has 4 aromatic rings. The molecule has 0 saturated carbocycles. The van der Waals surface area contributed by atoms with E-state index in [4.69, 9.17) is 18.6 Å². The predicted octanol–water partition coefficient (Wildman–Crippen LogP) is 6.05. The molecule has 0 aliphatic heterocycles. The molecule has 0 spiro atoms. The van der Waals surface area contributed by atoms with Crippen molar-refractivity contribution in [3.05, 3.63) is 74.5 Å². The molecule has 1 aliphatic carbocycles. The second kappa shape index (κ2) is 10.3. The molecule has 0 atom stereocenters. The number of hydrogen-bond acceptors (Lipinski definition) is 8. The monoisotopic (exact) mass is 556 g/mol. The van der Waals surface area contributed by atoms with Crippen LogP contribution in [0.1, 0.15) is 28.2 Å². The van der Waals surface area contributed by atoms with Gasteiger partial charge in [0.25, 0.3) is 11.7 Å². The molecular formula is C27H19F3N2O6S. The van der Waals surface area contributed by atoms with Gasteiger partial charge in [0.05, 0.1) is 18.1 Å². The first kappa shape index (κ1) is 26.1. The van der Waals surface area contributed by atoms with Crippen LogP contribution < -0.4 is 25.0 Å². The number of aryl methyl sites for hydroxylation is 1. The highest BCUT2D eigenvalue weighted by atomic mass is 32.1. The SMILES string of the molecule is COc1ccc(Oc2c(C(F)(F)F)oc3cc(OCC(=O)Nc4sc5c(c4C#N)CCC5)ccc3c2=O)cc1. The molecule has 2 aromatic heterocycles. The van der Waals surface area contributed by atoms with Crippen molar-refractivity contribution in [3.63, 3.8) is 0 Å². The number of amides is 1. The van der Waals surface area contributed by atoms with Gasteiger partial charge in [0.15, 0.2) is 6.61 Å². The van der Waals surface area contributed by atoms with Crippen molar-refractivity contribution >= 4 is 33.2 Å². The van der Waals surface area contributed by atoms with Gasteiger partial charge in [0.1, 0.15) is 33.9 Å². The highest BCUT2D eigenvalue weighted by Crippen LogP contribution is 2.40. The van der Waals surface area contributed by atoms with Gasteiger partial charge in [0, 0.05) is 10.9 Å². The van der Waals surface area contributed by atoms with Gasteiger partial charge >= 0.3 is 6.18 Å². The Morgan fingerprint density at radius 3 is 2.54 bits per heavy atom. The number of benzene rings is 2. The van der Waals surface area contributed by atoms with E-state index in [0.29, 0.717) is 16.3 Å². The number of alkyl halides is 3. The molecule has 0 unspecified atom stereocenters. The summed E-state index contributed by atoms with van der Waals surface area (Å²) in [4.78, 5) is 26.5. The number of nitrogens with zero attached hydrogens (tertiary/aromatic N) is 1. The second-order valence-electron chi connectivity index (χ2n) is 8.53. The highest BCUT2D eigenvalue weighted by molar-refractivity contribution is 7.16. The molecule has 1 N–H and O–H groups in total. The summed E-state index contributed by atoms with van der Waals surface area (Å²) in [5, 5.41) is 12.4. The van der Waals surface area contributed by atoms with E-state index in [1.807, 2.05) is 0 Å². The fourth-order valence-corrected chi connectivity index (χ4v) is 5.47. The molecule has 2 aromatic carbocycles. The van der Waals surface area contributed by atoms with Crippen LogP contribution in [0.2, 0.25) is 0 Å². The van der Waals surface area contributed by atoms with Crippen LogP contribution >= 0.6 is 11.3 Å². The van der Waals surface area contributed by atoms with Gasteiger partial charge in [-0.3, -0.25) is 9.59 Å². The predicted molar refractivity (Wildman–Crippen MR) is 136 cm³/mol. The Labute approximate surface area is 223 Å². The number of nitrogens with one attached hydrogen (secondary N) is 1. The first-order valence-electron chi connectivity index (χ1n) is 11.6. The van der Waals surface area contributed by atoms with Crippen LogP contribution in [0.5, 0.6) is 23.0 Å². The largest absolute Gasteiger partial charge is 0.497 e. The number of fused-ring (bicyclic) bond motifs is 2. The topological polar surface area (TPSA) is 111 Å². The van der Waals surface area contributed by atoms with Gasteiger partial charge in [-0.25, -0.2) is 0 Å². The molecule has 2 heterocycles. The number of rotatable bonds is 7. The molecule has 0 radical (unpaired) electrons. The van der Waals surface area contributed by atoms with Crippen LogP contribution in [0.4, 0.5) is 18.2 Å². The summed E-state index contributed by atoms with van der Waals surface area (Å²) < 4.78 is 62.3. The Morgan fingerprint density at radius 2 is 1.85 bits per heavy atom. The average molecular weight is 557 g/mol. The smallest absolute Gasteiger partial charge is 0.453 e. The van der Waals surface area contributed by atoms with Crippen molar-refractivity contribution in [3.8, 4) is 29.1 Å².